The van der Waals surface area contributed by atoms with Crippen molar-refractivity contribution in [2.75, 3.05) is 25.6 Å². The number of hydrogen-bond acceptors (Lipinski definition) is 4. The molecule has 1 aromatic heterocycles. The maximum atomic E-state index is 12.8. The van der Waals surface area contributed by atoms with Crippen LogP contribution >= 0.6 is 11.8 Å². The Labute approximate surface area is 119 Å². The van der Waals surface area contributed by atoms with E-state index in [2.05, 4.69) is 30.1 Å². The van der Waals surface area contributed by atoms with Crippen molar-refractivity contribution >= 4 is 11.8 Å². The van der Waals surface area contributed by atoms with Crippen molar-refractivity contribution in [3.63, 3.8) is 0 Å². The molecule has 2 atom stereocenters. The highest BCUT2D eigenvalue weighted by atomic mass is 32.2. The first kappa shape index (κ1) is 16.4. The van der Waals surface area contributed by atoms with Crippen molar-refractivity contribution in [2.45, 2.75) is 31.8 Å². The van der Waals surface area contributed by atoms with Gasteiger partial charge in [0.25, 0.3) is 0 Å². The van der Waals surface area contributed by atoms with Gasteiger partial charge in [-0.3, -0.25) is 4.98 Å². The van der Waals surface area contributed by atoms with Crippen molar-refractivity contribution in [3.8, 4) is 0 Å². The molecule has 5 heteroatoms. The van der Waals surface area contributed by atoms with Crippen LogP contribution in [0.3, 0.4) is 0 Å². The fraction of sp³-hybridized carbons (Fsp3) is 0.643. The second-order valence-electron chi connectivity index (χ2n) is 4.91. The molecule has 3 nitrogen and oxygen atoms in total. The van der Waals surface area contributed by atoms with E-state index in [1.54, 1.807) is 6.07 Å². The summed E-state index contributed by atoms with van der Waals surface area (Å²) in [6, 6.07) is 3.50. The largest absolute Gasteiger partial charge is 0.323 e. The average Bonchev–Trinajstić information content (AvgIpc) is 2.42. The van der Waals surface area contributed by atoms with E-state index in [9.17, 15) is 4.39 Å². The van der Waals surface area contributed by atoms with Crippen molar-refractivity contribution in [1.29, 1.82) is 0 Å². The Balaban J connectivity index is 2.36. The minimum atomic E-state index is -0.321. The van der Waals surface area contributed by atoms with Gasteiger partial charge >= 0.3 is 0 Å². The molecule has 0 spiro atoms. The van der Waals surface area contributed by atoms with E-state index in [0.29, 0.717) is 6.04 Å². The number of nitrogens with two attached hydrogens (primary N) is 1. The zero-order chi connectivity index (χ0) is 14.3. The number of hydrogen-bond donors (Lipinski definition) is 1. The standard InChI is InChI=1S/C14H24FN3S/c1-11(7-9-19-3)18(2)8-6-13(16)14-5-4-12(15)10-17-14/h4-5,10-11,13H,6-9,16H2,1-3H3. The predicted molar refractivity (Wildman–Crippen MR) is 80.8 cm³/mol. The van der Waals surface area contributed by atoms with Crippen LogP contribution in [0.2, 0.25) is 0 Å². The normalized spacial score (nSPS) is 14.6. The van der Waals surface area contributed by atoms with Crippen LogP contribution in [-0.2, 0) is 0 Å². The maximum absolute atomic E-state index is 12.8. The summed E-state index contributed by atoms with van der Waals surface area (Å²) in [6.45, 7) is 3.16. The zero-order valence-electron chi connectivity index (χ0n) is 12.0. The molecule has 2 N–H and O–H groups in total. The zero-order valence-corrected chi connectivity index (χ0v) is 12.8. The highest BCUT2D eigenvalue weighted by Gasteiger charge is 2.12. The van der Waals surface area contributed by atoms with Gasteiger partial charge < -0.3 is 10.6 Å². The van der Waals surface area contributed by atoms with Gasteiger partial charge in [0, 0.05) is 12.1 Å². The van der Waals surface area contributed by atoms with Crippen LogP contribution in [0.1, 0.15) is 31.5 Å². The number of thioether (sulfide) groups is 1. The Kier molecular flexibility index (Phi) is 7.34. The van der Waals surface area contributed by atoms with Crippen LogP contribution in [0.4, 0.5) is 4.39 Å². The van der Waals surface area contributed by atoms with E-state index in [1.165, 1.54) is 24.4 Å². The number of nitrogens with zero attached hydrogens (tertiary/aromatic N) is 2. The highest BCUT2D eigenvalue weighted by Crippen LogP contribution is 2.14. The lowest BCUT2D eigenvalue weighted by Gasteiger charge is -2.25. The molecule has 0 aliphatic heterocycles. The van der Waals surface area contributed by atoms with Crippen LogP contribution in [0.5, 0.6) is 0 Å². The van der Waals surface area contributed by atoms with Crippen LogP contribution in [0.25, 0.3) is 0 Å². The third kappa shape index (κ3) is 5.89. The van der Waals surface area contributed by atoms with E-state index < -0.39 is 0 Å². The van der Waals surface area contributed by atoms with Crippen molar-refractivity contribution in [3.05, 3.63) is 29.8 Å². The second-order valence-corrected chi connectivity index (χ2v) is 5.89. The first-order chi connectivity index (χ1) is 9.04. The molecule has 0 saturated carbocycles. The molecule has 0 aliphatic carbocycles. The molecule has 0 saturated heterocycles. The van der Waals surface area contributed by atoms with Gasteiger partial charge in [0.1, 0.15) is 5.82 Å². The third-order valence-electron chi connectivity index (χ3n) is 3.42. The lowest BCUT2D eigenvalue weighted by Crippen LogP contribution is -2.32. The Morgan fingerprint density at radius 3 is 2.74 bits per heavy atom. The molecule has 1 aromatic rings. The molecule has 0 aromatic carbocycles. The monoisotopic (exact) mass is 285 g/mol. The van der Waals surface area contributed by atoms with Gasteiger partial charge in [0.05, 0.1) is 11.9 Å². The number of halogens is 1. The van der Waals surface area contributed by atoms with Gasteiger partial charge in [0.15, 0.2) is 0 Å². The Bertz CT molecular complexity index is 358. The van der Waals surface area contributed by atoms with Crippen molar-refractivity contribution < 1.29 is 4.39 Å². The molecule has 0 bridgehead atoms. The van der Waals surface area contributed by atoms with Crippen LogP contribution < -0.4 is 5.73 Å². The Morgan fingerprint density at radius 2 is 2.16 bits per heavy atom. The van der Waals surface area contributed by atoms with E-state index >= 15 is 0 Å². The van der Waals surface area contributed by atoms with Crippen LogP contribution in [0.15, 0.2) is 18.3 Å². The van der Waals surface area contributed by atoms with E-state index in [-0.39, 0.29) is 11.9 Å². The van der Waals surface area contributed by atoms with Gasteiger partial charge in [-0.15, -0.1) is 0 Å². The maximum Gasteiger partial charge on any atom is 0.141 e. The molecular formula is C14H24FN3S. The lowest BCUT2D eigenvalue weighted by molar-refractivity contribution is 0.243. The molecule has 1 heterocycles. The minimum absolute atomic E-state index is 0.129. The minimum Gasteiger partial charge on any atom is -0.323 e. The summed E-state index contributed by atoms with van der Waals surface area (Å²) in [6.07, 6.45) is 5.36. The third-order valence-corrected chi connectivity index (χ3v) is 4.06. The summed E-state index contributed by atoms with van der Waals surface area (Å²) in [4.78, 5) is 6.35. The summed E-state index contributed by atoms with van der Waals surface area (Å²) >= 11 is 1.87. The van der Waals surface area contributed by atoms with Crippen molar-refractivity contribution in [1.82, 2.24) is 9.88 Å². The molecule has 19 heavy (non-hydrogen) atoms. The van der Waals surface area contributed by atoms with Gasteiger partial charge in [-0.05, 0) is 57.5 Å². The van der Waals surface area contributed by atoms with Gasteiger partial charge in [-0.1, -0.05) is 0 Å². The molecular weight excluding hydrogens is 261 g/mol. The molecule has 0 radical (unpaired) electrons. The van der Waals surface area contributed by atoms with E-state index in [4.69, 9.17) is 5.73 Å². The second kappa shape index (κ2) is 8.51. The fourth-order valence-electron chi connectivity index (χ4n) is 1.83. The smallest absolute Gasteiger partial charge is 0.141 e. The molecule has 0 fully saturated rings. The van der Waals surface area contributed by atoms with Gasteiger partial charge in [-0.2, -0.15) is 11.8 Å². The van der Waals surface area contributed by atoms with Crippen LogP contribution in [-0.4, -0.2) is 41.5 Å². The van der Waals surface area contributed by atoms with Crippen molar-refractivity contribution in [2.24, 2.45) is 5.73 Å². The summed E-state index contributed by atoms with van der Waals surface area (Å²) < 4.78 is 12.8. The molecule has 2 unspecified atom stereocenters. The molecule has 108 valence electrons. The number of aromatic nitrogens is 1. The van der Waals surface area contributed by atoms with Gasteiger partial charge in [-0.25, -0.2) is 4.39 Å². The van der Waals surface area contributed by atoms with E-state index in [0.717, 1.165) is 18.7 Å². The molecule has 0 amide bonds. The first-order valence-corrected chi connectivity index (χ1v) is 8.00. The quantitative estimate of drug-likeness (QED) is 0.797. The van der Waals surface area contributed by atoms with E-state index in [1.807, 2.05) is 11.8 Å². The Morgan fingerprint density at radius 1 is 1.42 bits per heavy atom. The summed E-state index contributed by atoms with van der Waals surface area (Å²) in [5.74, 6) is 0.857. The summed E-state index contributed by atoms with van der Waals surface area (Å²) in [5, 5.41) is 0. The topological polar surface area (TPSA) is 42.1 Å². The van der Waals surface area contributed by atoms with Gasteiger partial charge in [0.2, 0.25) is 0 Å². The average molecular weight is 285 g/mol. The highest BCUT2D eigenvalue weighted by molar-refractivity contribution is 7.98. The summed E-state index contributed by atoms with van der Waals surface area (Å²) in [5.41, 5.74) is 6.83. The lowest BCUT2D eigenvalue weighted by atomic mass is 10.1. The molecule has 0 aliphatic rings. The number of pyridine rings is 1. The molecule has 1 rings (SSSR count). The first-order valence-electron chi connectivity index (χ1n) is 6.60. The van der Waals surface area contributed by atoms with Crippen LogP contribution in [0, 0.1) is 5.82 Å². The SMILES string of the molecule is CSCCC(C)N(C)CCC(N)c1ccc(F)cn1. The number of rotatable bonds is 8. The predicted octanol–water partition coefficient (Wildman–Crippen LogP) is 2.68. The fourth-order valence-corrected chi connectivity index (χ4v) is 2.40. The summed E-state index contributed by atoms with van der Waals surface area (Å²) in [7, 11) is 2.12. The Hall–Kier alpha value is -0.650.